The molecule has 0 aromatic carbocycles. The molecule has 0 radical (unpaired) electrons. The van der Waals surface area contributed by atoms with Crippen molar-refractivity contribution in [3.05, 3.63) is 0 Å². The monoisotopic (exact) mass is 120 g/mol. The number of hydrogen-bond donors (Lipinski definition) is 2. The predicted molar refractivity (Wildman–Crippen MR) is 25.7 cm³/mol. The van der Waals surface area contributed by atoms with E-state index in [9.17, 15) is 4.79 Å². The van der Waals surface area contributed by atoms with Crippen LogP contribution >= 0.6 is 9.24 Å². The Morgan fingerprint density at radius 2 is 1.86 bits per heavy atom. The minimum atomic E-state index is -2.01. The summed E-state index contributed by atoms with van der Waals surface area (Å²) in [5, 5.41) is 16.7. The Labute approximate surface area is 42.5 Å². The molecule has 7 heavy (non-hydrogen) atoms. The van der Waals surface area contributed by atoms with Gasteiger partial charge in [0, 0.05) is 0 Å². The van der Waals surface area contributed by atoms with Crippen molar-refractivity contribution in [2.45, 2.75) is 11.4 Å². The predicted octanol–water partition coefficient (Wildman–Crippen LogP) is -1.51. The van der Waals surface area contributed by atoms with E-state index in [2.05, 4.69) is 0 Å². The fourth-order valence-electron chi connectivity index (χ4n) is 0.303. The van der Waals surface area contributed by atoms with Gasteiger partial charge in [-0.2, -0.15) is 0 Å². The van der Waals surface area contributed by atoms with Gasteiger partial charge in [0.1, 0.15) is 0 Å². The van der Waals surface area contributed by atoms with E-state index in [0.717, 1.165) is 0 Å². The van der Waals surface area contributed by atoms with Crippen molar-refractivity contribution in [2.24, 2.45) is 0 Å². The van der Waals surface area contributed by atoms with Crippen LogP contribution in [0.15, 0.2) is 0 Å². The SMILES string of the molecule is O=C1C(P)C1(O)O. The fourth-order valence-corrected chi connectivity index (χ4v) is 0.617. The third kappa shape index (κ3) is 0.495. The molecule has 1 rings (SSSR count). The average Bonchev–Trinajstić information content (AvgIpc) is 1.91. The first kappa shape index (κ1) is 5.16. The smallest absolute Gasteiger partial charge is 0.238 e. The summed E-state index contributed by atoms with van der Waals surface area (Å²) in [6.07, 6.45) is 0. The zero-order chi connectivity index (χ0) is 5.65. The lowest BCUT2D eigenvalue weighted by Crippen LogP contribution is -2.09. The molecule has 1 fully saturated rings. The second-order valence-corrected chi connectivity index (χ2v) is 2.23. The number of Topliss-reactive ketones (excluding diaryl/α,β-unsaturated/α-hetero) is 1. The van der Waals surface area contributed by atoms with Crippen LogP contribution in [0, 0.1) is 0 Å². The molecular formula is C3H5O3P. The molecule has 0 aliphatic heterocycles. The maximum Gasteiger partial charge on any atom is 0.238 e. The number of rotatable bonds is 0. The van der Waals surface area contributed by atoms with E-state index in [0.29, 0.717) is 0 Å². The Kier molecular flexibility index (Phi) is 0.774. The fraction of sp³-hybridized carbons (Fsp3) is 0.667. The van der Waals surface area contributed by atoms with Crippen molar-refractivity contribution in [3.8, 4) is 0 Å². The average molecular weight is 120 g/mol. The Morgan fingerprint density at radius 3 is 1.86 bits per heavy atom. The topological polar surface area (TPSA) is 57.5 Å². The van der Waals surface area contributed by atoms with Gasteiger partial charge in [-0.05, 0) is 0 Å². The highest BCUT2D eigenvalue weighted by Crippen LogP contribution is 2.34. The molecule has 1 aliphatic rings. The quantitative estimate of drug-likeness (QED) is 0.302. The van der Waals surface area contributed by atoms with Crippen molar-refractivity contribution in [1.29, 1.82) is 0 Å². The standard InChI is InChI=1S/C3H5O3P/c4-1-2(7)3(1,5)6/h2,5-6H,7H2. The van der Waals surface area contributed by atoms with Gasteiger partial charge in [-0.25, -0.2) is 0 Å². The highest BCUT2D eigenvalue weighted by molar-refractivity contribution is 7.21. The van der Waals surface area contributed by atoms with Crippen LogP contribution in [0.25, 0.3) is 0 Å². The van der Waals surface area contributed by atoms with Crippen LogP contribution in [-0.4, -0.2) is 27.4 Å². The molecule has 2 unspecified atom stereocenters. The van der Waals surface area contributed by atoms with Crippen LogP contribution in [0.5, 0.6) is 0 Å². The highest BCUT2D eigenvalue weighted by atomic mass is 31.0. The molecule has 0 amide bonds. The van der Waals surface area contributed by atoms with Gasteiger partial charge in [0.15, 0.2) is 0 Å². The van der Waals surface area contributed by atoms with Crippen molar-refractivity contribution >= 4 is 15.0 Å². The number of ketones is 1. The molecule has 0 heterocycles. The molecule has 3 nitrogen and oxygen atoms in total. The Hall–Kier alpha value is 0.0200. The van der Waals surface area contributed by atoms with E-state index in [-0.39, 0.29) is 0 Å². The molecule has 0 spiro atoms. The first-order valence-corrected chi connectivity index (χ1v) is 2.48. The molecule has 0 saturated heterocycles. The second kappa shape index (κ2) is 1.05. The van der Waals surface area contributed by atoms with E-state index in [1.54, 1.807) is 0 Å². The Bertz CT molecular complexity index is 119. The zero-order valence-electron chi connectivity index (χ0n) is 3.46. The normalized spacial score (nSPS) is 35.9. The summed E-state index contributed by atoms with van der Waals surface area (Å²) in [5.74, 6) is -2.53. The number of carbonyl (C=O) groups excluding carboxylic acids is 1. The minimum Gasteiger partial charge on any atom is -0.359 e. The zero-order valence-corrected chi connectivity index (χ0v) is 4.61. The van der Waals surface area contributed by atoms with Gasteiger partial charge in [-0.3, -0.25) is 4.79 Å². The van der Waals surface area contributed by atoms with Crippen LogP contribution in [0.3, 0.4) is 0 Å². The van der Waals surface area contributed by atoms with Gasteiger partial charge in [0.25, 0.3) is 0 Å². The van der Waals surface area contributed by atoms with Gasteiger partial charge in [-0.1, -0.05) is 0 Å². The van der Waals surface area contributed by atoms with Crippen molar-refractivity contribution < 1.29 is 15.0 Å². The largest absolute Gasteiger partial charge is 0.359 e. The van der Waals surface area contributed by atoms with Crippen molar-refractivity contribution in [3.63, 3.8) is 0 Å². The summed E-state index contributed by atoms with van der Waals surface area (Å²) in [4.78, 5) is 10.0. The second-order valence-electron chi connectivity index (χ2n) is 1.57. The summed E-state index contributed by atoms with van der Waals surface area (Å²) in [6, 6.07) is 0. The molecular weight excluding hydrogens is 115 g/mol. The summed E-state index contributed by atoms with van der Waals surface area (Å²) in [7, 11) is 2.03. The van der Waals surface area contributed by atoms with Crippen LogP contribution in [0.1, 0.15) is 0 Å². The van der Waals surface area contributed by atoms with Gasteiger partial charge >= 0.3 is 0 Å². The third-order valence-electron chi connectivity index (χ3n) is 0.995. The highest BCUT2D eigenvalue weighted by Gasteiger charge is 2.61. The molecule has 0 aromatic heterocycles. The molecule has 2 atom stereocenters. The lowest BCUT2D eigenvalue weighted by molar-refractivity contribution is -0.132. The maximum absolute atomic E-state index is 10.0. The number of carbonyl (C=O) groups is 1. The molecule has 1 saturated carbocycles. The summed E-state index contributed by atoms with van der Waals surface area (Å²) < 4.78 is 0. The van der Waals surface area contributed by atoms with Gasteiger partial charge in [-0.15, -0.1) is 9.24 Å². The van der Waals surface area contributed by atoms with E-state index in [1.807, 2.05) is 9.24 Å². The number of aliphatic hydroxyl groups is 2. The third-order valence-corrected chi connectivity index (χ3v) is 1.76. The maximum atomic E-state index is 10.0. The van der Waals surface area contributed by atoms with E-state index in [1.165, 1.54) is 0 Å². The van der Waals surface area contributed by atoms with Crippen LogP contribution in [0.4, 0.5) is 0 Å². The Morgan fingerprint density at radius 1 is 1.71 bits per heavy atom. The number of hydrogen-bond acceptors (Lipinski definition) is 3. The molecule has 0 bridgehead atoms. The van der Waals surface area contributed by atoms with Gasteiger partial charge in [0.05, 0.1) is 5.66 Å². The summed E-state index contributed by atoms with van der Waals surface area (Å²) >= 11 is 0. The lowest BCUT2D eigenvalue weighted by atomic mass is 10.7. The van der Waals surface area contributed by atoms with Gasteiger partial charge < -0.3 is 10.2 Å². The lowest BCUT2D eigenvalue weighted by Gasteiger charge is -1.87. The first-order valence-electron chi connectivity index (χ1n) is 1.81. The van der Waals surface area contributed by atoms with Crippen molar-refractivity contribution in [2.75, 3.05) is 0 Å². The molecule has 1 aliphatic carbocycles. The van der Waals surface area contributed by atoms with Crippen LogP contribution < -0.4 is 0 Å². The van der Waals surface area contributed by atoms with E-state index in [4.69, 9.17) is 10.2 Å². The molecule has 2 N–H and O–H groups in total. The minimum absolute atomic E-state index is 0.516. The van der Waals surface area contributed by atoms with Crippen molar-refractivity contribution in [1.82, 2.24) is 0 Å². The summed E-state index contributed by atoms with van der Waals surface area (Å²) in [5.41, 5.74) is -0.646. The summed E-state index contributed by atoms with van der Waals surface area (Å²) in [6.45, 7) is 0. The van der Waals surface area contributed by atoms with E-state index >= 15 is 0 Å². The Balaban J connectivity index is 2.70. The molecule has 0 aromatic rings. The van der Waals surface area contributed by atoms with Crippen LogP contribution in [0.2, 0.25) is 0 Å². The molecule has 40 valence electrons. The van der Waals surface area contributed by atoms with E-state index < -0.39 is 17.2 Å². The molecule has 4 heteroatoms. The van der Waals surface area contributed by atoms with Gasteiger partial charge in [0.2, 0.25) is 11.6 Å². The first-order chi connectivity index (χ1) is 3.07. The van der Waals surface area contributed by atoms with Crippen LogP contribution in [-0.2, 0) is 4.79 Å².